The maximum Gasteiger partial charge on any atom is 0.261 e. The zero-order valence-electron chi connectivity index (χ0n) is 9.45. The highest BCUT2D eigenvalue weighted by Gasteiger charge is 2.17. The van der Waals surface area contributed by atoms with Crippen LogP contribution in [0, 0.1) is 13.8 Å². The van der Waals surface area contributed by atoms with Gasteiger partial charge in [0.15, 0.2) is 0 Å². The number of hydrogen-bond donors (Lipinski definition) is 1. The highest BCUT2D eigenvalue weighted by atomic mass is 79.9. The van der Waals surface area contributed by atoms with Crippen LogP contribution in [0.2, 0.25) is 0 Å². The van der Waals surface area contributed by atoms with Gasteiger partial charge in [0.05, 0.1) is 11.4 Å². The fraction of sp³-hybridized carbons (Fsp3) is 0.167. The molecule has 1 heterocycles. The Balaban J connectivity index is 2.27. The number of hydrogen-bond acceptors (Lipinski definition) is 3. The molecule has 0 spiro atoms. The molecule has 0 atom stereocenters. The van der Waals surface area contributed by atoms with Gasteiger partial charge < -0.3 is 9.84 Å². The summed E-state index contributed by atoms with van der Waals surface area (Å²) in [6, 6.07) is 7.42. The Kier molecular flexibility index (Phi) is 3.28. The average molecular weight is 295 g/mol. The van der Waals surface area contributed by atoms with E-state index in [1.165, 1.54) is 0 Å². The van der Waals surface area contributed by atoms with Crippen LogP contribution in [0.15, 0.2) is 33.3 Å². The molecule has 0 saturated carbocycles. The van der Waals surface area contributed by atoms with Crippen molar-refractivity contribution in [3.05, 3.63) is 45.8 Å². The summed E-state index contributed by atoms with van der Waals surface area (Å²) in [6.07, 6.45) is 0. The molecule has 1 aromatic carbocycles. The molecule has 0 unspecified atom stereocenters. The number of rotatable bonds is 2. The summed E-state index contributed by atoms with van der Waals surface area (Å²) in [5.41, 5.74) is 1.80. The van der Waals surface area contributed by atoms with Crippen LogP contribution in [0.1, 0.15) is 21.8 Å². The standard InChI is InChI=1S/C12H11BrN2O2/c1-7-11(8(2)17-15-7)12(16)14-10-6-4-3-5-9(10)13/h3-6H,1-2H3,(H,14,16). The lowest BCUT2D eigenvalue weighted by atomic mass is 10.2. The molecule has 4 nitrogen and oxygen atoms in total. The van der Waals surface area contributed by atoms with Gasteiger partial charge in [-0.3, -0.25) is 4.79 Å². The van der Waals surface area contributed by atoms with Gasteiger partial charge in [0, 0.05) is 4.47 Å². The Labute approximate surface area is 107 Å². The molecule has 1 N–H and O–H groups in total. The van der Waals surface area contributed by atoms with E-state index >= 15 is 0 Å². The number of benzene rings is 1. The number of aromatic nitrogens is 1. The summed E-state index contributed by atoms with van der Waals surface area (Å²) in [6.45, 7) is 3.46. The third kappa shape index (κ3) is 2.39. The Hall–Kier alpha value is -1.62. The molecule has 0 bridgehead atoms. The van der Waals surface area contributed by atoms with Crippen molar-refractivity contribution in [1.82, 2.24) is 5.16 Å². The summed E-state index contributed by atoms with van der Waals surface area (Å²) < 4.78 is 5.80. The Morgan fingerprint density at radius 2 is 2.06 bits per heavy atom. The maximum atomic E-state index is 12.0. The Morgan fingerprint density at radius 1 is 1.35 bits per heavy atom. The first-order chi connectivity index (χ1) is 8.09. The highest BCUT2D eigenvalue weighted by Crippen LogP contribution is 2.23. The smallest absolute Gasteiger partial charge is 0.261 e. The molecular weight excluding hydrogens is 284 g/mol. The summed E-state index contributed by atoms with van der Waals surface area (Å²) in [5, 5.41) is 6.56. The van der Waals surface area contributed by atoms with Crippen LogP contribution in [-0.2, 0) is 0 Å². The maximum absolute atomic E-state index is 12.0. The van der Waals surface area contributed by atoms with E-state index < -0.39 is 0 Å². The van der Waals surface area contributed by atoms with Crippen molar-refractivity contribution in [1.29, 1.82) is 0 Å². The number of aryl methyl sites for hydroxylation is 2. The van der Waals surface area contributed by atoms with Crippen LogP contribution in [0.4, 0.5) is 5.69 Å². The lowest BCUT2D eigenvalue weighted by Gasteiger charge is -2.06. The lowest BCUT2D eigenvalue weighted by molar-refractivity contribution is 0.102. The first kappa shape index (κ1) is 11.9. The van der Waals surface area contributed by atoms with E-state index in [1.807, 2.05) is 24.3 Å². The number of anilines is 1. The minimum Gasteiger partial charge on any atom is -0.361 e. The zero-order valence-corrected chi connectivity index (χ0v) is 11.0. The van der Waals surface area contributed by atoms with Crippen molar-refractivity contribution >= 4 is 27.5 Å². The van der Waals surface area contributed by atoms with Gasteiger partial charge >= 0.3 is 0 Å². The zero-order chi connectivity index (χ0) is 12.4. The first-order valence-corrected chi connectivity index (χ1v) is 5.87. The monoisotopic (exact) mass is 294 g/mol. The molecule has 0 radical (unpaired) electrons. The number of nitrogens with zero attached hydrogens (tertiary/aromatic N) is 1. The van der Waals surface area contributed by atoms with Crippen molar-refractivity contribution in [2.45, 2.75) is 13.8 Å². The summed E-state index contributed by atoms with van der Waals surface area (Å²) in [5.74, 6) is 0.306. The topological polar surface area (TPSA) is 55.1 Å². The minimum absolute atomic E-state index is 0.215. The fourth-order valence-electron chi connectivity index (χ4n) is 1.55. The Bertz CT molecular complexity index is 544. The van der Waals surface area contributed by atoms with Crippen molar-refractivity contribution in [3.63, 3.8) is 0 Å². The number of halogens is 1. The van der Waals surface area contributed by atoms with Crippen LogP contribution < -0.4 is 5.32 Å². The van der Waals surface area contributed by atoms with Gasteiger partial charge in [-0.05, 0) is 41.9 Å². The Morgan fingerprint density at radius 3 is 2.65 bits per heavy atom. The average Bonchev–Trinajstić information content (AvgIpc) is 2.62. The van der Waals surface area contributed by atoms with E-state index in [0.717, 1.165) is 10.2 Å². The van der Waals surface area contributed by atoms with E-state index in [-0.39, 0.29) is 5.91 Å². The molecule has 0 fully saturated rings. The van der Waals surface area contributed by atoms with Crippen LogP contribution in [0.25, 0.3) is 0 Å². The molecule has 17 heavy (non-hydrogen) atoms. The van der Waals surface area contributed by atoms with Gasteiger partial charge in [0.25, 0.3) is 5.91 Å². The molecule has 1 amide bonds. The van der Waals surface area contributed by atoms with Gasteiger partial charge in [-0.2, -0.15) is 0 Å². The third-order valence-corrected chi connectivity index (χ3v) is 3.07. The second-order valence-corrected chi connectivity index (χ2v) is 4.49. The van der Waals surface area contributed by atoms with Gasteiger partial charge in [0.2, 0.25) is 0 Å². The van der Waals surface area contributed by atoms with Crippen LogP contribution in [0.5, 0.6) is 0 Å². The predicted molar refractivity (Wildman–Crippen MR) is 68.1 cm³/mol. The molecule has 2 aromatic rings. The normalized spacial score (nSPS) is 10.3. The largest absolute Gasteiger partial charge is 0.361 e. The third-order valence-electron chi connectivity index (χ3n) is 2.38. The van der Waals surface area contributed by atoms with Gasteiger partial charge in [0.1, 0.15) is 11.3 Å². The van der Waals surface area contributed by atoms with Gasteiger partial charge in [-0.25, -0.2) is 0 Å². The molecule has 5 heteroatoms. The molecule has 2 rings (SSSR count). The van der Waals surface area contributed by atoms with Crippen molar-refractivity contribution in [2.24, 2.45) is 0 Å². The van der Waals surface area contributed by atoms with Crippen molar-refractivity contribution < 1.29 is 9.32 Å². The van der Waals surface area contributed by atoms with Crippen LogP contribution in [-0.4, -0.2) is 11.1 Å². The lowest BCUT2D eigenvalue weighted by Crippen LogP contribution is -2.13. The number of carbonyl (C=O) groups excluding carboxylic acids is 1. The first-order valence-electron chi connectivity index (χ1n) is 5.08. The molecule has 88 valence electrons. The van der Waals surface area contributed by atoms with Crippen molar-refractivity contribution in [2.75, 3.05) is 5.32 Å². The quantitative estimate of drug-likeness (QED) is 0.924. The number of carbonyl (C=O) groups is 1. The summed E-state index contributed by atoms with van der Waals surface area (Å²) in [7, 11) is 0. The van der Waals surface area contributed by atoms with Gasteiger partial charge in [-0.1, -0.05) is 17.3 Å². The number of para-hydroxylation sites is 1. The van der Waals surface area contributed by atoms with E-state index in [2.05, 4.69) is 26.4 Å². The second-order valence-electron chi connectivity index (χ2n) is 3.63. The van der Waals surface area contributed by atoms with Crippen LogP contribution in [0.3, 0.4) is 0 Å². The molecule has 1 aromatic heterocycles. The van der Waals surface area contributed by atoms with E-state index in [4.69, 9.17) is 4.52 Å². The van der Waals surface area contributed by atoms with Crippen molar-refractivity contribution in [3.8, 4) is 0 Å². The minimum atomic E-state index is -0.215. The fourth-order valence-corrected chi connectivity index (χ4v) is 1.94. The molecule has 0 saturated heterocycles. The molecule has 0 aliphatic rings. The molecular formula is C12H11BrN2O2. The van der Waals surface area contributed by atoms with E-state index in [9.17, 15) is 4.79 Å². The highest BCUT2D eigenvalue weighted by molar-refractivity contribution is 9.10. The summed E-state index contributed by atoms with van der Waals surface area (Å²) in [4.78, 5) is 12.0. The SMILES string of the molecule is Cc1noc(C)c1C(=O)Nc1ccccc1Br. The molecule has 0 aliphatic heterocycles. The predicted octanol–water partition coefficient (Wildman–Crippen LogP) is 3.31. The van der Waals surface area contributed by atoms with E-state index in [0.29, 0.717) is 17.0 Å². The number of nitrogens with one attached hydrogen (secondary N) is 1. The second kappa shape index (κ2) is 4.71. The van der Waals surface area contributed by atoms with E-state index in [1.54, 1.807) is 13.8 Å². The molecule has 0 aliphatic carbocycles. The number of amides is 1. The summed E-state index contributed by atoms with van der Waals surface area (Å²) >= 11 is 3.37. The van der Waals surface area contributed by atoms with Gasteiger partial charge in [-0.15, -0.1) is 0 Å². The van der Waals surface area contributed by atoms with Crippen LogP contribution >= 0.6 is 15.9 Å².